The summed E-state index contributed by atoms with van der Waals surface area (Å²) in [5, 5.41) is 0. The van der Waals surface area contributed by atoms with Crippen molar-refractivity contribution in [2.24, 2.45) is 0 Å². The molecule has 0 aromatic rings. The van der Waals surface area contributed by atoms with Gasteiger partial charge in [-0.05, 0) is 17.6 Å². The van der Waals surface area contributed by atoms with Crippen molar-refractivity contribution in [2.45, 2.75) is 6.92 Å². The summed E-state index contributed by atoms with van der Waals surface area (Å²) in [5.74, 6) is 0.845. The van der Waals surface area contributed by atoms with Gasteiger partial charge in [0.15, 0.2) is 4.67 Å². The van der Waals surface area contributed by atoms with Crippen LogP contribution < -0.4 is 0 Å². The van der Waals surface area contributed by atoms with Gasteiger partial charge in [0, 0.05) is 0 Å². The fourth-order valence-corrected chi connectivity index (χ4v) is 3.50. The van der Waals surface area contributed by atoms with Gasteiger partial charge in [0.1, 0.15) is 0 Å². The van der Waals surface area contributed by atoms with Gasteiger partial charge < -0.3 is 4.89 Å². The Morgan fingerprint density at radius 1 is 2.00 bits per heavy atom. The Balaban J connectivity index is 3.36. The molecule has 0 amide bonds. The minimum Gasteiger partial charge on any atom is -0.350 e. The van der Waals surface area contributed by atoms with Crippen molar-refractivity contribution in [1.29, 1.82) is 0 Å². The maximum Gasteiger partial charge on any atom is 0.169 e. The summed E-state index contributed by atoms with van der Waals surface area (Å²) in [6.07, 6.45) is 0. The Labute approximate surface area is 57.9 Å². The lowest BCUT2D eigenvalue weighted by atomic mass is 11.0. The van der Waals surface area contributed by atoms with E-state index in [1.807, 2.05) is 6.92 Å². The molecule has 1 unspecified atom stereocenters. The molecular weight excluding hydrogens is 167 g/mol. The quantitative estimate of drug-likeness (QED) is 0.493. The molecule has 0 radical (unpaired) electrons. The van der Waals surface area contributed by atoms with Gasteiger partial charge in [-0.15, -0.1) is 12.2 Å². The molecule has 44 valence electrons. The molecule has 0 saturated heterocycles. The molecule has 0 fully saturated rings. The first-order valence-electron chi connectivity index (χ1n) is 1.76. The molecule has 0 bridgehead atoms. The van der Waals surface area contributed by atoms with Crippen molar-refractivity contribution < 1.29 is 4.89 Å². The predicted molar refractivity (Wildman–Crippen MR) is 43.6 cm³/mol. The van der Waals surface area contributed by atoms with Crippen LogP contribution in [-0.2, 0) is 11.8 Å². The van der Waals surface area contributed by atoms with E-state index in [4.69, 9.17) is 4.89 Å². The van der Waals surface area contributed by atoms with E-state index >= 15 is 0 Å². The highest BCUT2D eigenvalue weighted by atomic mass is 33.2. The van der Waals surface area contributed by atoms with E-state index in [1.165, 1.54) is 11.4 Å². The molecule has 0 saturated carbocycles. The van der Waals surface area contributed by atoms with Crippen LogP contribution in [0.2, 0.25) is 0 Å². The Morgan fingerprint density at radius 2 is 2.43 bits per heavy atom. The maximum absolute atomic E-state index is 8.77. The molecule has 0 aromatic carbocycles. The van der Waals surface area contributed by atoms with Gasteiger partial charge >= 0.3 is 0 Å². The van der Waals surface area contributed by atoms with Crippen LogP contribution in [0.1, 0.15) is 6.92 Å². The third-order valence-electron chi connectivity index (χ3n) is 0.297. The average molecular weight is 174 g/mol. The van der Waals surface area contributed by atoms with E-state index in [2.05, 4.69) is 24.1 Å². The van der Waals surface area contributed by atoms with Crippen molar-refractivity contribution in [3.8, 4) is 0 Å². The van der Waals surface area contributed by atoms with Crippen molar-refractivity contribution in [1.82, 2.24) is 0 Å². The topological polar surface area (TPSA) is 20.2 Å². The van der Waals surface area contributed by atoms with Crippen LogP contribution in [0.4, 0.5) is 0 Å². The van der Waals surface area contributed by atoms with Crippen molar-refractivity contribution in [3.05, 3.63) is 0 Å². The zero-order chi connectivity index (χ0) is 5.91. The summed E-state index contributed by atoms with van der Waals surface area (Å²) in [7, 11) is 0. The maximum atomic E-state index is 8.77. The van der Waals surface area contributed by atoms with Gasteiger partial charge in [-0.1, -0.05) is 18.3 Å². The first-order chi connectivity index (χ1) is 3.06. The lowest BCUT2D eigenvalue weighted by Gasteiger charge is -2.01. The van der Waals surface area contributed by atoms with Crippen molar-refractivity contribution in [2.75, 3.05) is 5.75 Å². The molecule has 0 aliphatic carbocycles. The van der Waals surface area contributed by atoms with Gasteiger partial charge in [-0.3, -0.25) is 0 Å². The number of thiol groups is 1. The highest BCUT2D eigenvalue weighted by Gasteiger charge is 2.01. The van der Waals surface area contributed by atoms with Gasteiger partial charge in [0.05, 0.1) is 0 Å². The first-order valence-corrected chi connectivity index (χ1v) is 7.26. The van der Waals surface area contributed by atoms with Crippen LogP contribution in [0.25, 0.3) is 0 Å². The molecule has 5 heteroatoms. The Bertz CT molecular complexity index is 86.9. The van der Waals surface area contributed by atoms with Gasteiger partial charge in [0.25, 0.3) is 0 Å². The second-order valence-electron chi connectivity index (χ2n) is 0.908. The number of rotatable bonds is 2. The van der Waals surface area contributed by atoms with Crippen LogP contribution in [-0.4, -0.2) is 10.6 Å². The minimum atomic E-state index is -2.22. The van der Waals surface area contributed by atoms with E-state index < -0.39 is 4.67 Å². The molecule has 0 aliphatic rings. The highest BCUT2D eigenvalue weighted by Crippen LogP contribution is 2.58. The molecular formula is C2H7OPS3. The summed E-state index contributed by atoms with van der Waals surface area (Å²) in [6.45, 7) is 1.94. The van der Waals surface area contributed by atoms with Gasteiger partial charge in [0.2, 0.25) is 0 Å². The molecule has 7 heavy (non-hydrogen) atoms. The van der Waals surface area contributed by atoms with Crippen molar-refractivity contribution in [3.63, 3.8) is 0 Å². The van der Waals surface area contributed by atoms with E-state index in [0.717, 1.165) is 5.75 Å². The zero-order valence-corrected chi connectivity index (χ0v) is 7.29. The highest BCUT2D eigenvalue weighted by molar-refractivity contribution is 8.94. The normalized spacial score (nSPS) is 18.7. The largest absolute Gasteiger partial charge is 0.350 e. The summed E-state index contributed by atoms with van der Waals surface area (Å²) in [6, 6.07) is 0. The second-order valence-corrected chi connectivity index (χ2v) is 10.7. The summed E-state index contributed by atoms with van der Waals surface area (Å²) < 4.78 is -2.22. The molecule has 1 nitrogen and oxygen atoms in total. The minimum absolute atomic E-state index is 0.845. The van der Waals surface area contributed by atoms with Crippen LogP contribution in [0.15, 0.2) is 0 Å². The Kier molecular flexibility index (Phi) is 3.99. The molecule has 0 heterocycles. The fraction of sp³-hybridized carbons (Fsp3) is 1.00. The predicted octanol–water partition coefficient (Wildman–Crippen LogP) is 1.89. The molecule has 1 N–H and O–H groups in total. The van der Waals surface area contributed by atoms with Crippen LogP contribution in [0.5, 0.6) is 0 Å². The Morgan fingerprint density at radius 3 is 2.43 bits per heavy atom. The van der Waals surface area contributed by atoms with Crippen LogP contribution in [0, 0.1) is 0 Å². The van der Waals surface area contributed by atoms with E-state index in [0.29, 0.717) is 0 Å². The smallest absolute Gasteiger partial charge is 0.169 e. The SMILES string of the molecule is CCSP(O)(=S)S. The van der Waals surface area contributed by atoms with Gasteiger partial charge in [-0.2, -0.15) is 0 Å². The summed E-state index contributed by atoms with van der Waals surface area (Å²) >= 11 is 9.69. The monoisotopic (exact) mass is 174 g/mol. The molecule has 0 rings (SSSR count). The third kappa shape index (κ3) is 7.31. The van der Waals surface area contributed by atoms with Gasteiger partial charge in [-0.25, -0.2) is 0 Å². The van der Waals surface area contributed by atoms with Crippen molar-refractivity contribution >= 4 is 40.1 Å². The first kappa shape index (κ1) is 8.31. The third-order valence-corrected chi connectivity index (χ3v) is 4.66. The molecule has 0 aromatic heterocycles. The molecule has 0 spiro atoms. The van der Waals surface area contributed by atoms with Crippen LogP contribution >= 0.6 is 28.3 Å². The number of hydrogen-bond donors (Lipinski definition) is 2. The van der Waals surface area contributed by atoms with Crippen LogP contribution in [0.3, 0.4) is 0 Å². The summed E-state index contributed by atoms with van der Waals surface area (Å²) in [5.41, 5.74) is 0. The van der Waals surface area contributed by atoms with E-state index in [-0.39, 0.29) is 0 Å². The molecule has 1 atom stereocenters. The number of hydrogen-bond acceptors (Lipinski definition) is 2. The van der Waals surface area contributed by atoms with E-state index in [9.17, 15) is 0 Å². The fourth-order valence-electron chi connectivity index (χ4n) is 0.168. The Hall–Kier alpha value is 1.31. The standard InChI is InChI=1S/C2H7OPS3/c1-2-7-4(3,5)6/h2H2,1H3,(H2,3,5,6). The van der Waals surface area contributed by atoms with E-state index in [1.54, 1.807) is 0 Å². The second kappa shape index (κ2) is 3.36. The molecule has 0 aliphatic heterocycles. The lowest BCUT2D eigenvalue weighted by Crippen LogP contribution is -1.60. The lowest BCUT2D eigenvalue weighted by molar-refractivity contribution is 0.654. The average Bonchev–Trinajstić information content (AvgIpc) is 1.30. The zero-order valence-electron chi connectivity index (χ0n) is 3.87. The summed E-state index contributed by atoms with van der Waals surface area (Å²) in [4.78, 5) is 8.77.